The molecule has 0 fully saturated rings. The number of nitrogens with one attached hydrogen (secondary N) is 2. The van der Waals surface area contributed by atoms with Crippen LogP contribution in [0.5, 0.6) is 5.75 Å². The van der Waals surface area contributed by atoms with Gasteiger partial charge in [0.15, 0.2) is 5.13 Å². The molecule has 2 N–H and O–H groups in total. The normalized spacial score (nSPS) is 9.93. The molecule has 0 saturated carbocycles. The number of ether oxygens (including phenoxy) is 1. The van der Waals surface area contributed by atoms with Gasteiger partial charge in [0.05, 0.1) is 18.4 Å². The number of aromatic nitrogens is 3. The van der Waals surface area contributed by atoms with E-state index in [1.807, 2.05) is 6.92 Å². The van der Waals surface area contributed by atoms with E-state index >= 15 is 0 Å². The molecule has 7 nitrogen and oxygen atoms in total. The standard InChI is InChI=1S/C19H16ClN5O2S/c1-13-16(5-4-14-6-8-22-17(20)11-14)28-19(24-13)25-18(26)23-9-10-27-15-3-2-7-21-12-15/h2-3,6-8,11-12H,9-10H2,1H3,(H2,23,24,25,26). The molecule has 0 aliphatic heterocycles. The predicted molar refractivity (Wildman–Crippen MR) is 109 cm³/mol. The maximum absolute atomic E-state index is 12.0. The molecule has 0 aliphatic rings. The van der Waals surface area contributed by atoms with E-state index in [9.17, 15) is 4.79 Å². The van der Waals surface area contributed by atoms with Crippen molar-refractivity contribution in [2.45, 2.75) is 6.92 Å². The van der Waals surface area contributed by atoms with Crippen molar-refractivity contribution >= 4 is 34.1 Å². The van der Waals surface area contributed by atoms with Crippen LogP contribution >= 0.6 is 22.9 Å². The van der Waals surface area contributed by atoms with Crippen molar-refractivity contribution in [2.24, 2.45) is 0 Å². The first-order valence-electron chi connectivity index (χ1n) is 8.29. The number of hydrogen-bond acceptors (Lipinski definition) is 6. The van der Waals surface area contributed by atoms with E-state index in [0.717, 1.165) is 16.1 Å². The summed E-state index contributed by atoms with van der Waals surface area (Å²) in [5, 5.41) is 6.27. The highest BCUT2D eigenvalue weighted by atomic mass is 35.5. The highest BCUT2D eigenvalue weighted by molar-refractivity contribution is 7.16. The van der Waals surface area contributed by atoms with Gasteiger partial charge in [-0.1, -0.05) is 28.9 Å². The van der Waals surface area contributed by atoms with Crippen LogP contribution in [0.3, 0.4) is 0 Å². The van der Waals surface area contributed by atoms with Gasteiger partial charge in [0.25, 0.3) is 0 Å². The number of halogens is 1. The van der Waals surface area contributed by atoms with Crippen LogP contribution in [0.4, 0.5) is 9.93 Å². The zero-order valence-corrected chi connectivity index (χ0v) is 16.5. The number of pyridine rings is 2. The van der Waals surface area contributed by atoms with Crippen molar-refractivity contribution in [2.75, 3.05) is 18.5 Å². The molecule has 3 heterocycles. The molecule has 0 atom stereocenters. The molecule has 3 rings (SSSR count). The zero-order chi connectivity index (χ0) is 19.8. The van der Waals surface area contributed by atoms with Gasteiger partial charge in [-0.05, 0) is 37.1 Å². The second-order valence-electron chi connectivity index (χ2n) is 5.47. The minimum atomic E-state index is -0.357. The smallest absolute Gasteiger partial charge is 0.321 e. The van der Waals surface area contributed by atoms with E-state index in [1.165, 1.54) is 11.3 Å². The van der Waals surface area contributed by atoms with E-state index in [1.54, 1.807) is 42.9 Å². The van der Waals surface area contributed by atoms with Gasteiger partial charge in [0.2, 0.25) is 0 Å². The molecule has 142 valence electrons. The Morgan fingerprint density at radius 3 is 3.00 bits per heavy atom. The highest BCUT2D eigenvalue weighted by Crippen LogP contribution is 2.21. The van der Waals surface area contributed by atoms with Crippen molar-refractivity contribution in [1.82, 2.24) is 20.3 Å². The quantitative estimate of drug-likeness (QED) is 0.379. The average Bonchev–Trinajstić information content (AvgIpc) is 3.03. The number of nitrogens with zero attached hydrogens (tertiary/aromatic N) is 3. The Kier molecular flexibility index (Phi) is 6.78. The fourth-order valence-corrected chi connectivity index (χ4v) is 3.07. The molecular weight excluding hydrogens is 398 g/mol. The third kappa shape index (κ3) is 5.94. The molecule has 3 aromatic rings. The van der Waals surface area contributed by atoms with E-state index in [-0.39, 0.29) is 6.03 Å². The Labute approximate surface area is 171 Å². The predicted octanol–water partition coefficient (Wildman–Crippen LogP) is 3.50. The van der Waals surface area contributed by atoms with E-state index in [2.05, 4.69) is 37.4 Å². The van der Waals surface area contributed by atoms with E-state index < -0.39 is 0 Å². The van der Waals surface area contributed by atoms with Gasteiger partial charge in [-0.2, -0.15) is 0 Å². The Morgan fingerprint density at radius 1 is 1.32 bits per heavy atom. The number of carbonyl (C=O) groups excluding carboxylic acids is 1. The number of rotatable bonds is 5. The summed E-state index contributed by atoms with van der Waals surface area (Å²) in [6.07, 6.45) is 4.88. The maximum Gasteiger partial charge on any atom is 0.321 e. The Hall–Kier alpha value is -3.15. The van der Waals surface area contributed by atoms with Gasteiger partial charge in [-0.25, -0.2) is 14.8 Å². The second kappa shape index (κ2) is 9.69. The summed E-state index contributed by atoms with van der Waals surface area (Å²) in [6.45, 7) is 2.52. The number of hydrogen-bond donors (Lipinski definition) is 2. The zero-order valence-electron chi connectivity index (χ0n) is 14.9. The monoisotopic (exact) mass is 413 g/mol. The summed E-state index contributed by atoms with van der Waals surface area (Å²) in [5.74, 6) is 6.71. The lowest BCUT2D eigenvalue weighted by atomic mass is 10.2. The molecule has 0 bridgehead atoms. The molecule has 3 aromatic heterocycles. The molecule has 0 spiro atoms. The van der Waals surface area contributed by atoms with Crippen LogP contribution < -0.4 is 15.4 Å². The van der Waals surface area contributed by atoms with E-state index in [4.69, 9.17) is 16.3 Å². The minimum Gasteiger partial charge on any atom is -0.490 e. The van der Waals surface area contributed by atoms with E-state index in [0.29, 0.717) is 29.2 Å². The topological polar surface area (TPSA) is 89.0 Å². The van der Waals surface area contributed by atoms with Crippen LogP contribution in [0.25, 0.3) is 0 Å². The van der Waals surface area contributed by atoms with Gasteiger partial charge in [-0.15, -0.1) is 0 Å². The number of aryl methyl sites for hydroxylation is 1. The Bertz CT molecular complexity index is 1010. The van der Waals surface area contributed by atoms with Crippen LogP contribution in [0.2, 0.25) is 5.15 Å². The van der Waals surface area contributed by atoms with Crippen molar-refractivity contribution < 1.29 is 9.53 Å². The van der Waals surface area contributed by atoms with Crippen molar-refractivity contribution in [1.29, 1.82) is 0 Å². The summed E-state index contributed by atoms with van der Waals surface area (Å²) in [5.41, 5.74) is 1.50. The fourth-order valence-electron chi connectivity index (χ4n) is 2.08. The molecule has 9 heteroatoms. The van der Waals surface area contributed by atoms with Gasteiger partial charge in [0, 0.05) is 18.0 Å². The summed E-state index contributed by atoms with van der Waals surface area (Å²) < 4.78 is 5.46. The largest absolute Gasteiger partial charge is 0.490 e. The average molecular weight is 414 g/mol. The summed E-state index contributed by atoms with van der Waals surface area (Å²) in [4.78, 5) is 24.9. The highest BCUT2D eigenvalue weighted by Gasteiger charge is 2.09. The SMILES string of the molecule is Cc1nc(NC(=O)NCCOc2cccnc2)sc1C#Cc1ccnc(Cl)c1. The number of carbonyl (C=O) groups is 1. The summed E-state index contributed by atoms with van der Waals surface area (Å²) in [7, 11) is 0. The first kappa shape index (κ1) is 19.6. The number of anilines is 1. The van der Waals surface area contributed by atoms with Gasteiger partial charge in [0.1, 0.15) is 22.4 Å². The van der Waals surface area contributed by atoms with Crippen LogP contribution in [0.15, 0.2) is 42.9 Å². The van der Waals surface area contributed by atoms with Gasteiger partial charge >= 0.3 is 6.03 Å². The van der Waals surface area contributed by atoms with Crippen molar-refractivity contribution in [3.63, 3.8) is 0 Å². The molecule has 0 saturated heterocycles. The third-order valence-corrected chi connectivity index (χ3v) is 4.55. The first-order chi connectivity index (χ1) is 13.6. The summed E-state index contributed by atoms with van der Waals surface area (Å²) >= 11 is 7.15. The minimum absolute atomic E-state index is 0.335. The molecular formula is C19H16ClN5O2S. The lowest BCUT2D eigenvalue weighted by molar-refractivity contribution is 0.247. The van der Waals surface area contributed by atoms with Crippen LogP contribution in [-0.4, -0.2) is 34.1 Å². The van der Waals surface area contributed by atoms with Crippen LogP contribution in [0.1, 0.15) is 16.1 Å². The van der Waals surface area contributed by atoms with Crippen LogP contribution in [-0.2, 0) is 0 Å². The van der Waals surface area contributed by atoms with Gasteiger partial charge in [-0.3, -0.25) is 10.3 Å². The lowest BCUT2D eigenvalue weighted by Crippen LogP contribution is -2.32. The van der Waals surface area contributed by atoms with Gasteiger partial charge < -0.3 is 10.1 Å². The first-order valence-corrected chi connectivity index (χ1v) is 9.48. The number of thiazole rings is 1. The van der Waals surface area contributed by atoms with Crippen molar-refractivity contribution in [3.8, 4) is 17.6 Å². The molecule has 0 unspecified atom stereocenters. The fraction of sp³-hybridized carbons (Fsp3) is 0.158. The number of urea groups is 1. The Balaban J connectivity index is 1.50. The molecule has 0 aromatic carbocycles. The second-order valence-corrected chi connectivity index (χ2v) is 6.86. The third-order valence-electron chi connectivity index (χ3n) is 3.35. The Morgan fingerprint density at radius 2 is 2.21 bits per heavy atom. The molecule has 0 aliphatic carbocycles. The molecule has 28 heavy (non-hydrogen) atoms. The van der Waals surface area contributed by atoms with Crippen LogP contribution in [0, 0.1) is 18.8 Å². The molecule has 2 amide bonds. The summed E-state index contributed by atoms with van der Waals surface area (Å²) in [6, 6.07) is 6.68. The number of amides is 2. The van der Waals surface area contributed by atoms with Crippen molar-refractivity contribution in [3.05, 3.63) is 64.1 Å². The maximum atomic E-state index is 12.0. The molecule has 0 radical (unpaired) electrons. The lowest BCUT2D eigenvalue weighted by Gasteiger charge is -2.07.